The second kappa shape index (κ2) is 7.47. The topological polar surface area (TPSA) is 76.7 Å². The van der Waals surface area contributed by atoms with Crippen LogP contribution in [0.2, 0.25) is 0 Å². The van der Waals surface area contributed by atoms with Gasteiger partial charge < -0.3 is 20.1 Å². The van der Waals surface area contributed by atoms with Crippen LogP contribution in [0.4, 0.5) is 5.69 Å². The molecule has 1 aliphatic rings. The van der Waals surface area contributed by atoms with Gasteiger partial charge >= 0.3 is 0 Å². The summed E-state index contributed by atoms with van der Waals surface area (Å²) in [6.07, 6.45) is 0. The summed E-state index contributed by atoms with van der Waals surface area (Å²) in [6, 6.07) is 11.8. The van der Waals surface area contributed by atoms with Gasteiger partial charge in [-0.15, -0.1) is 0 Å². The fraction of sp³-hybridized carbons (Fsp3) is 0.300. The summed E-state index contributed by atoms with van der Waals surface area (Å²) in [6.45, 7) is 5.82. The van der Waals surface area contributed by atoms with Crippen molar-refractivity contribution in [3.8, 4) is 11.5 Å². The molecule has 0 fully saturated rings. The van der Waals surface area contributed by atoms with E-state index in [1.54, 1.807) is 30.3 Å². The monoisotopic (exact) mass is 354 g/mol. The number of ether oxygens (including phenoxy) is 2. The van der Waals surface area contributed by atoms with Gasteiger partial charge in [-0.05, 0) is 36.6 Å². The van der Waals surface area contributed by atoms with Crippen LogP contribution in [-0.4, -0.2) is 24.6 Å². The Balaban J connectivity index is 1.72. The molecule has 26 heavy (non-hydrogen) atoms. The van der Waals surface area contributed by atoms with Gasteiger partial charge in [0.15, 0.2) is 11.5 Å². The number of hydrogen-bond acceptors (Lipinski definition) is 4. The summed E-state index contributed by atoms with van der Waals surface area (Å²) in [5.41, 5.74) is 2.02. The van der Waals surface area contributed by atoms with Gasteiger partial charge in [-0.2, -0.15) is 0 Å². The summed E-state index contributed by atoms with van der Waals surface area (Å²) in [5.74, 6) is 0.629. The van der Waals surface area contributed by atoms with Gasteiger partial charge in [0.05, 0.1) is 0 Å². The van der Waals surface area contributed by atoms with Gasteiger partial charge in [0.25, 0.3) is 5.91 Å². The molecule has 0 spiro atoms. The van der Waals surface area contributed by atoms with Crippen molar-refractivity contribution in [3.05, 3.63) is 53.6 Å². The summed E-state index contributed by atoms with van der Waals surface area (Å²) >= 11 is 0. The largest absolute Gasteiger partial charge is 0.454 e. The molecule has 2 N–H and O–H groups in total. The number of nitrogens with one attached hydrogen (secondary N) is 2. The van der Waals surface area contributed by atoms with Gasteiger partial charge in [-0.3, -0.25) is 9.59 Å². The average Bonchev–Trinajstić information content (AvgIpc) is 3.07. The lowest BCUT2D eigenvalue weighted by atomic mass is 10.0. The summed E-state index contributed by atoms with van der Waals surface area (Å²) < 4.78 is 10.6. The van der Waals surface area contributed by atoms with E-state index in [9.17, 15) is 9.59 Å². The second-order valence-electron chi connectivity index (χ2n) is 6.57. The molecular formula is C20H22N2O4. The van der Waals surface area contributed by atoms with Crippen molar-refractivity contribution in [2.24, 2.45) is 5.92 Å². The first-order valence-corrected chi connectivity index (χ1v) is 8.52. The van der Waals surface area contributed by atoms with Crippen molar-refractivity contribution in [2.75, 3.05) is 12.1 Å². The third kappa shape index (κ3) is 3.79. The molecule has 3 rings (SSSR count). The maximum absolute atomic E-state index is 12.7. The minimum atomic E-state index is -0.660. The Bertz CT molecular complexity index is 832. The molecule has 0 radical (unpaired) electrons. The molecular weight excluding hydrogens is 332 g/mol. The Morgan fingerprint density at radius 3 is 2.50 bits per heavy atom. The molecule has 0 bridgehead atoms. The minimum Gasteiger partial charge on any atom is -0.454 e. The SMILES string of the molecule is Cc1ccccc1C(=O)N[C@@H](C(=O)Nc1ccc2c(c1)OCO2)C(C)C. The predicted octanol–water partition coefficient (Wildman–Crippen LogP) is 3.12. The molecule has 1 aliphatic heterocycles. The number of fused-ring (bicyclic) bond motifs is 1. The first-order chi connectivity index (χ1) is 12.5. The quantitative estimate of drug-likeness (QED) is 0.865. The lowest BCUT2D eigenvalue weighted by molar-refractivity contribution is -0.118. The lowest BCUT2D eigenvalue weighted by Gasteiger charge is -2.22. The van der Waals surface area contributed by atoms with Crippen LogP contribution in [0.1, 0.15) is 29.8 Å². The van der Waals surface area contributed by atoms with Crippen LogP contribution in [0.3, 0.4) is 0 Å². The molecule has 136 valence electrons. The number of rotatable bonds is 5. The number of amides is 2. The number of hydrogen-bond donors (Lipinski definition) is 2. The Morgan fingerprint density at radius 1 is 1.04 bits per heavy atom. The molecule has 0 saturated heterocycles. The van der Waals surface area contributed by atoms with Crippen molar-refractivity contribution in [2.45, 2.75) is 26.8 Å². The zero-order valence-corrected chi connectivity index (χ0v) is 15.0. The molecule has 2 amide bonds. The fourth-order valence-corrected chi connectivity index (χ4v) is 2.78. The number of benzene rings is 2. The molecule has 2 aromatic rings. The predicted molar refractivity (Wildman–Crippen MR) is 98.5 cm³/mol. The van der Waals surface area contributed by atoms with E-state index >= 15 is 0 Å². The van der Waals surface area contributed by atoms with Gasteiger partial charge in [0, 0.05) is 17.3 Å². The maximum Gasteiger partial charge on any atom is 0.252 e. The van der Waals surface area contributed by atoms with Crippen LogP contribution in [0.25, 0.3) is 0 Å². The first kappa shape index (κ1) is 17.8. The van der Waals surface area contributed by atoms with Crippen LogP contribution in [0.15, 0.2) is 42.5 Å². The van der Waals surface area contributed by atoms with Crippen LogP contribution < -0.4 is 20.1 Å². The molecule has 0 aromatic heterocycles. The second-order valence-corrected chi connectivity index (χ2v) is 6.57. The van der Waals surface area contributed by atoms with Crippen molar-refractivity contribution < 1.29 is 19.1 Å². The van der Waals surface area contributed by atoms with E-state index in [1.807, 2.05) is 32.9 Å². The van der Waals surface area contributed by atoms with E-state index in [2.05, 4.69) is 10.6 Å². The van der Waals surface area contributed by atoms with Crippen LogP contribution in [-0.2, 0) is 4.79 Å². The highest BCUT2D eigenvalue weighted by Crippen LogP contribution is 2.34. The first-order valence-electron chi connectivity index (χ1n) is 8.52. The molecule has 6 nitrogen and oxygen atoms in total. The Labute approximate surface area is 152 Å². The summed E-state index contributed by atoms with van der Waals surface area (Å²) in [7, 11) is 0. The number of carbonyl (C=O) groups excluding carboxylic acids is 2. The Morgan fingerprint density at radius 2 is 1.77 bits per heavy atom. The molecule has 0 aliphatic carbocycles. The Hall–Kier alpha value is -3.02. The lowest BCUT2D eigenvalue weighted by Crippen LogP contribution is -2.47. The van der Waals surface area contributed by atoms with Crippen molar-refractivity contribution in [1.82, 2.24) is 5.32 Å². The zero-order valence-electron chi connectivity index (χ0n) is 15.0. The standard InChI is InChI=1S/C20H22N2O4/c1-12(2)18(22-19(23)15-7-5-4-6-13(15)3)20(24)21-14-8-9-16-17(10-14)26-11-25-16/h4-10,12,18H,11H2,1-3H3,(H,21,24)(H,22,23)/t18-/m1/s1. The summed E-state index contributed by atoms with van der Waals surface area (Å²) in [5, 5.41) is 5.67. The summed E-state index contributed by atoms with van der Waals surface area (Å²) in [4.78, 5) is 25.3. The van der Waals surface area contributed by atoms with E-state index in [-0.39, 0.29) is 24.5 Å². The van der Waals surface area contributed by atoms with Gasteiger partial charge in [0.2, 0.25) is 12.7 Å². The number of carbonyl (C=O) groups is 2. The third-order valence-corrected chi connectivity index (χ3v) is 4.27. The van der Waals surface area contributed by atoms with Crippen molar-refractivity contribution >= 4 is 17.5 Å². The van der Waals surface area contributed by atoms with E-state index in [0.717, 1.165) is 5.56 Å². The highest BCUT2D eigenvalue weighted by molar-refractivity contribution is 6.02. The molecule has 0 saturated carbocycles. The average molecular weight is 354 g/mol. The van der Waals surface area contributed by atoms with Crippen molar-refractivity contribution in [1.29, 1.82) is 0 Å². The van der Waals surface area contributed by atoms with Gasteiger partial charge in [0.1, 0.15) is 6.04 Å². The van der Waals surface area contributed by atoms with Crippen LogP contribution in [0.5, 0.6) is 11.5 Å². The number of anilines is 1. The highest BCUT2D eigenvalue weighted by Gasteiger charge is 2.26. The van der Waals surface area contributed by atoms with Crippen LogP contribution >= 0.6 is 0 Å². The van der Waals surface area contributed by atoms with E-state index in [1.165, 1.54) is 0 Å². The number of aryl methyl sites for hydroxylation is 1. The highest BCUT2D eigenvalue weighted by atomic mass is 16.7. The van der Waals surface area contributed by atoms with E-state index in [0.29, 0.717) is 22.7 Å². The van der Waals surface area contributed by atoms with Crippen molar-refractivity contribution in [3.63, 3.8) is 0 Å². The molecule has 1 atom stereocenters. The molecule has 1 heterocycles. The molecule has 0 unspecified atom stereocenters. The minimum absolute atomic E-state index is 0.0722. The van der Waals surface area contributed by atoms with Gasteiger partial charge in [-0.1, -0.05) is 32.0 Å². The smallest absolute Gasteiger partial charge is 0.252 e. The van der Waals surface area contributed by atoms with E-state index in [4.69, 9.17) is 9.47 Å². The molecule has 6 heteroatoms. The molecule has 2 aromatic carbocycles. The fourth-order valence-electron chi connectivity index (χ4n) is 2.78. The van der Waals surface area contributed by atoms with Crippen LogP contribution in [0, 0.1) is 12.8 Å². The van der Waals surface area contributed by atoms with Gasteiger partial charge in [-0.25, -0.2) is 0 Å². The normalized spacial score (nSPS) is 13.4. The Kier molecular flexibility index (Phi) is 5.11. The zero-order chi connectivity index (χ0) is 18.7. The van der Waals surface area contributed by atoms with E-state index < -0.39 is 6.04 Å². The maximum atomic E-state index is 12.7. The third-order valence-electron chi connectivity index (χ3n) is 4.27.